The van der Waals surface area contributed by atoms with Crippen molar-refractivity contribution in [1.82, 2.24) is 10.6 Å². The van der Waals surface area contributed by atoms with Gasteiger partial charge in [-0.25, -0.2) is 0 Å². The fourth-order valence-electron chi connectivity index (χ4n) is 3.22. The number of ether oxygens (including phenoxy) is 4. The minimum atomic E-state index is -3.55. The molecule has 9 nitrogen and oxygen atoms in total. The maximum absolute atomic E-state index is 11.9. The number of rotatable bonds is 18. The average Bonchev–Trinajstić information content (AvgIpc) is 2.78. The van der Waals surface area contributed by atoms with Gasteiger partial charge in [-0.15, -0.1) is 0 Å². The second kappa shape index (κ2) is 17.5. The standard InChI is InChI=1S/C20H40N2O7S2/c23-31(24,29-17-11-21-9-5-15-27-19-7-1-3-13-25-19)30-18-12-22-10-6-16-28-20-8-2-4-14-26-20/h19-22H,1-18H2/t19-,20-/m0/s1. The van der Waals surface area contributed by atoms with Crippen LogP contribution in [0.4, 0.5) is 0 Å². The summed E-state index contributed by atoms with van der Waals surface area (Å²) in [6.45, 7) is 5.64. The Labute approximate surface area is 191 Å². The third kappa shape index (κ3) is 14.7. The first-order chi connectivity index (χ1) is 15.2. The van der Waals surface area contributed by atoms with Crippen molar-refractivity contribution in [2.75, 3.05) is 65.0 Å². The van der Waals surface area contributed by atoms with E-state index in [1.54, 1.807) is 0 Å². The molecule has 0 aromatic carbocycles. The molecule has 0 spiro atoms. The summed E-state index contributed by atoms with van der Waals surface area (Å²) in [7, 11) is -2.72. The summed E-state index contributed by atoms with van der Waals surface area (Å²) in [6.07, 6.45) is 8.12. The molecule has 0 unspecified atom stereocenters. The molecule has 0 aromatic rings. The Balaban J connectivity index is 1.32. The lowest BCUT2D eigenvalue weighted by Gasteiger charge is -2.22. The van der Waals surface area contributed by atoms with Crippen LogP contribution in [-0.2, 0) is 32.3 Å². The Bertz CT molecular complexity index is 488. The Morgan fingerprint density at radius 1 is 0.774 bits per heavy atom. The van der Waals surface area contributed by atoms with Crippen LogP contribution >= 0.6 is 10.8 Å². The van der Waals surface area contributed by atoms with Gasteiger partial charge in [0.15, 0.2) is 12.6 Å². The minimum absolute atomic E-state index is 0.0504. The molecule has 2 heterocycles. The SMILES string of the molecule is O=S(=O)(OCCNCCCO[C@H]1CCCCO1)SCCNCCCO[C@H]1CCCCO1. The van der Waals surface area contributed by atoms with E-state index < -0.39 is 9.15 Å². The number of nitrogens with one attached hydrogen (secondary N) is 2. The lowest BCUT2D eigenvalue weighted by molar-refractivity contribution is -0.162. The van der Waals surface area contributed by atoms with Crippen molar-refractivity contribution in [2.45, 2.75) is 63.9 Å². The molecular weight excluding hydrogens is 444 g/mol. The molecule has 31 heavy (non-hydrogen) atoms. The zero-order chi connectivity index (χ0) is 22.0. The van der Waals surface area contributed by atoms with Crippen LogP contribution in [0.2, 0.25) is 0 Å². The van der Waals surface area contributed by atoms with Gasteiger partial charge in [0.05, 0.1) is 19.8 Å². The summed E-state index contributed by atoms with van der Waals surface area (Å²) in [4.78, 5) is 0. The number of hydrogen-bond acceptors (Lipinski definition) is 10. The molecule has 0 aliphatic carbocycles. The molecule has 11 heteroatoms. The summed E-state index contributed by atoms with van der Waals surface area (Å²) in [5.74, 6) is 0.447. The van der Waals surface area contributed by atoms with Gasteiger partial charge < -0.3 is 29.6 Å². The van der Waals surface area contributed by atoms with Crippen molar-refractivity contribution < 1.29 is 31.5 Å². The fourth-order valence-corrected chi connectivity index (χ4v) is 5.28. The summed E-state index contributed by atoms with van der Waals surface area (Å²) in [5, 5.41) is 6.38. The second-order valence-corrected chi connectivity index (χ2v) is 11.2. The van der Waals surface area contributed by atoms with Crippen LogP contribution in [0, 0.1) is 0 Å². The van der Waals surface area contributed by atoms with Gasteiger partial charge in [-0.2, -0.15) is 8.42 Å². The zero-order valence-corrected chi connectivity index (χ0v) is 20.2. The molecule has 2 aliphatic rings. The highest BCUT2D eigenvalue weighted by atomic mass is 33.1. The topological polar surface area (TPSA) is 104 Å². The molecule has 0 bridgehead atoms. The Kier molecular flexibility index (Phi) is 15.4. The van der Waals surface area contributed by atoms with E-state index in [4.69, 9.17) is 23.1 Å². The van der Waals surface area contributed by atoms with Gasteiger partial charge in [0, 0.05) is 32.1 Å². The largest absolute Gasteiger partial charge is 0.353 e. The molecule has 2 aliphatic heterocycles. The molecular formula is C20H40N2O7S2. The van der Waals surface area contributed by atoms with Crippen LogP contribution in [0.3, 0.4) is 0 Å². The molecule has 2 atom stereocenters. The molecule has 0 saturated carbocycles. The van der Waals surface area contributed by atoms with Crippen LogP contribution in [0.5, 0.6) is 0 Å². The van der Waals surface area contributed by atoms with Gasteiger partial charge in [0.1, 0.15) is 0 Å². The lowest BCUT2D eigenvalue weighted by atomic mass is 10.2. The summed E-state index contributed by atoms with van der Waals surface area (Å²) < 4.78 is 51.1. The maximum atomic E-state index is 11.9. The van der Waals surface area contributed by atoms with Crippen LogP contribution < -0.4 is 10.6 Å². The highest BCUT2D eigenvalue weighted by molar-refractivity contribution is 8.70. The normalized spacial score (nSPS) is 22.6. The maximum Gasteiger partial charge on any atom is 0.322 e. The molecule has 2 fully saturated rings. The van der Waals surface area contributed by atoms with Crippen molar-refractivity contribution in [3.05, 3.63) is 0 Å². The van der Waals surface area contributed by atoms with E-state index >= 15 is 0 Å². The molecule has 0 aromatic heterocycles. The van der Waals surface area contributed by atoms with Crippen molar-refractivity contribution in [2.24, 2.45) is 0 Å². The van der Waals surface area contributed by atoms with E-state index in [1.165, 1.54) is 0 Å². The van der Waals surface area contributed by atoms with Gasteiger partial charge in [0.2, 0.25) is 0 Å². The predicted molar refractivity (Wildman–Crippen MR) is 121 cm³/mol. The van der Waals surface area contributed by atoms with E-state index in [0.29, 0.717) is 32.1 Å². The van der Waals surface area contributed by atoms with Gasteiger partial charge in [0.25, 0.3) is 0 Å². The minimum Gasteiger partial charge on any atom is -0.353 e. The van der Waals surface area contributed by atoms with Crippen LogP contribution in [0.15, 0.2) is 0 Å². The van der Waals surface area contributed by atoms with Crippen molar-refractivity contribution in [1.29, 1.82) is 0 Å². The Morgan fingerprint density at radius 2 is 1.35 bits per heavy atom. The summed E-state index contributed by atoms with van der Waals surface area (Å²) >= 11 is 0. The van der Waals surface area contributed by atoms with Gasteiger partial charge in [-0.3, -0.25) is 4.18 Å². The quantitative estimate of drug-likeness (QED) is 0.222. The van der Waals surface area contributed by atoms with E-state index in [0.717, 1.165) is 88.5 Å². The van der Waals surface area contributed by atoms with E-state index in [-0.39, 0.29) is 19.2 Å². The summed E-state index contributed by atoms with van der Waals surface area (Å²) in [6, 6.07) is 0. The van der Waals surface area contributed by atoms with Crippen LogP contribution in [-0.4, -0.2) is 86.0 Å². The highest BCUT2D eigenvalue weighted by Crippen LogP contribution is 2.15. The molecule has 184 valence electrons. The fraction of sp³-hybridized carbons (Fsp3) is 1.00. The number of hydrogen-bond donors (Lipinski definition) is 2. The summed E-state index contributed by atoms with van der Waals surface area (Å²) in [5.41, 5.74) is 0. The van der Waals surface area contributed by atoms with Gasteiger partial charge in [-0.1, -0.05) is 0 Å². The lowest BCUT2D eigenvalue weighted by Crippen LogP contribution is -2.26. The third-order valence-electron chi connectivity index (χ3n) is 4.89. The van der Waals surface area contributed by atoms with Gasteiger partial charge >= 0.3 is 9.15 Å². The van der Waals surface area contributed by atoms with Gasteiger partial charge in [-0.05, 0) is 75.2 Å². The monoisotopic (exact) mass is 484 g/mol. The highest BCUT2D eigenvalue weighted by Gasteiger charge is 2.14. The first-order valence-corrected chi connectivity index (χ1v) is 14.5. The predicted octanol–water partition coefficient (Wildman–Crippen LogP) is 2.03. The molecule has 0 amide bonds. The average molecular weight is 485 g/mol. The zero-order valence-electron chi connectivity index (χ0n) is 18.6. The first-order valence-electron chi connectivity index (χ1n) is 11.6. The Hall–Kier alpha value is 0.0200. The van der Waals surface area contributed by atoms with E-state index in [9.17, 15) is 8.42 Å². The molecule has 0 radical (unpaired) electrons. The smallest absolute Gasteiger partial charge is 0.322 e. The third-order valence-corrected chi connectivity index (χ3v) is 7.66. The molecule has 2 saturated heterocycles. The van der Waals surface area contributed by atoms with E-state index in [2.05, 4.69) is 10.6 Å². The first kappa shape index (κ1) is 27.3. The second-order valence-electron chi connectivity index (χ2n) is 7.59. The van der Waals surface area contributed by atoms with Crippen molar-refractivity contribution >= 4 is 19.9 Å². The molecule has 2 rings (SSSR count). The van der Waals surface area contributed by atoms with Crippen molar-refractivity contribution in [3.63, 3.8) is 0 Å². The van der Waals surface area contributed by atoms with Crippen LogP contribution in [0.25, 0.3) is 0 Å². The van der Waals surface area contributed by atoms with Crippen LogP contribution in [0.1, 0.15) is 51.4 Å². The van der Waals surface area contributed by atoms with Crippen molar-refractivity contribution in [3.8, 4) is 0 Å². The molecule has 2 N–H and O–H groups in total. The Morgan fingerprint density at radius 3 is 1.90 bits per heavy atom. The van der Waals surface area contributed by atoms with E-state index in [1.807, 2.05) is 0 Å².